The highest BCUT2D eigenvalue weighted by molar-refractivity contribution is 5.68. The summed E-state index contributed by atoms with van der Waals surface area (Å²) in [7, 11) is 1.44. The van der Waals surface area contributed by atoms with Crippen LogP contribution < -0.4 is 0 Å². The zero-order valence-corrected chi connectivity index (χ0v) is 15.5. The zero-order valence-electron chi connectivity index (χ0n) is 15.5. The van der Waals surface area contributed by atoms with Crippen molar-refractivity contribution in [3.05, 3.63) is 24.3 Å². The number of carbonyl (C=O) groups is 1. The molecule has 0 bridgehead atoms. The van der Waals surface area contributed by atoms with Gasteiger partial charge in [-0.1, -0.05) is 62.8 Å². The van der Waals surface area contributed by atoms with Crippen LogP contribution in [0.2, 0.25) is 0 Å². The first-order valence-electron chi connectivity index (χ1n) is 9.66. The molecule has 1 saturated carbocycles. The van der Waals surface area contributed by atoms with Crippen molar-refractivity contribution in [3.63, 3.8) is 0 Å². The highest BCUT2D eigenvalue weighted by atomic mass is 16.5. The van der Waals surface area contributed by atoms with Gasteiger partial charge in [-0.2, -0.15) is 0 Å². The third-order valence-corrected chi connectivity index (χ3v) is 4.92. The number of methoxy groups -OCH3 is 1. The van der Waals surface area contributed by atoms with Crippen LogP contribution in [0.25, 0.3) is 0 Å². The van der Waals surface area contributed by atoms with E-state index in [-0.39, 0.29) is 5.97 Å². The molecule has 1 fully saturated rings. The number of rotatable bonds is 12. The molecule has 0 amide bonds. The summed E-state index contributed by atoms with van der Waals surface area (Å²) < 4.78 is 4.62. The van der Waals surface area contributed by atoms with Crippen LogP contribution >= 0.6 is 0 Å². The third kappa shape index (κ3) is 9.92. The smallest absolute Gasteiger partial charge is 0.305 e. The number of carbonyl (C=O) groups excluding carboxylic acids is 1. The average Bonchev–Trinajstić information content (AvgIpc) is 2.56. The van der Waals surface area contributed by atoms with Crippen LogP contribution in [0.1, 0.15) is 89.9 Å². The predicted molar refractivity (Wildman–Crippen MR) is 99.9 cm³/mol. The van der Waals surface area contributed by atoms with Gasteiger partial charge in [-0.3, -0.25) is 4.79 Å². The lowest BCUT2D eigenvalue weighted by Crippen LogP contribution is -2.31. The summed E-state index contributed by atoms with van der Waals surface area (Å²) in [5, 5.41) is 10.5. The molecule has 0 spiro atoms. The minimum Gasteiger partial charge on any atom is -0.469 e. The third-order valence-electron chi connectivity index (χ3n) is 4.92. The summed E-state index contributed by atoms with van der Waals surface area (Å²) in [5.74, 6) is -0.101. The molecule has 138 valence electrons. The molecule has 1 N–H and O–H groups in total. The van der Waals surface area contributed by atoms with Crippen molar-refractivity contribution in [1.82, 2.24) is 0 Å². The minimum atomic E-state index is -0.479. The van der Waals surface area contributed by atoms with Gasteiger partial charge in [0.1, 0.15) is 0 Å². The van der Waals surface area contributed by atoms with Gasteiger partial charge >= 0.3 is 5.97 Å². The maximum Gasteiger partial charge on any atom is 0.305 e. The van der Waals surface area contributed by atoms with E-state index in [1.807, 2.05) is 0 Å². The lowest BCUT2D eigenvalue weighted by atomic mass is 9.80. The molecular weight excluding hydrogens is 300 g/mol. The van der Waals surface area contributed by atoms with Crippen molar-refractivity contribution < 1.29 is 14.6 Å². The van der Waals surface area contributed by atoms with Gasteiger partial charge in [-0.05, 0) is 44.9 Å². The van der Waals surface area contributed by atoms with Gasteiger partial charge in [0.2, 0.25) is 0 Å². The van der Waals surface area contributed by atoms with Gasteiger partial charge in [0.05, 0.1) is 12.7 Å². The molecule has 0 unspecified atom stereocenters. The fraction of sp³-hybridized carbons (Fsp3) is 0.762. The first kappa shape index (κ1) is 21.0. The molecular formula is C21H36O3. The van der Waals surface area contributed by atoms with E-state index in [2.05, 4.69) is 23.5 Å². The Morgan fingerprint density at radius 3 is 2.46 bits per heavy atom. The van der Waals surface area contributed by atoms with Crippen molar-refractivity contribution in [2.24, 2.45) is 0 Å². The lowest BCUT2D eigenvalue weighted by Gasteiger charge is -2.32. The molecule has 24 heavy (non-hydrogen) atoms. The van der Waals surface area contributed by atoms with Gasteiger partial charge in [0.15, 0.2) is 0 Å². The number of esters is 1. The van der Waals surface area contributed by atoms with Crippen LogP contribution in [0, 0.1) is 0 Å². The number of unbranched alkanes of at least 4 members (excludes halogenated alkanes) is 5. The Labute approximate surface area is 148 Å². The van der Waals surface area contributed by atoms with E-state index < -0.39 is 5.60 Å². The van der Waals surface area contributed by atoms with E-state index in [0.29, 0.717) is 6.42 Å². The number of allylic oxidation sites excluding steroid dienone is 2. The molecule has 0 aromatic heterocycles. The van der Waals surface area contributed by atoms with Gasteiger partial charge < -0.3 is 9.84 Å². The molecule has 0 aliphatic heterocycles. The number of aliphatic hydroxyl groups is 1. The second-order valence-corrected chi connectivity index (χ2v) is 7.27. The first-order chi connectivity index (χ1) is 11.6. The van der Waals surface area contributed by atoms with Crippen molar-refractivity contribution >= 4 is 5.97 Å². The van der Waals surface area contributed by atoms with Crippen LogP contribution in [-0.4, -0.2) is 23.8 Å². The lowest BCUT2D eigenvalue weighted by molar-refractivity contribution is -0.140. The second kappa shape index (κ2) is 12.3. The Morgan fingerprint density at radius 1 is 1.08 bits per heavy atom. The summed E-state index contributed by atoms with van der Waals surface area (Å²) in [6.45, 7) is 4.13. The van der Waals surface area contributed by atoms with Crippen molar-refractivity contribution in [2.45, 2.75) is 95.5 Å². The van der Waals surface area contributed by atoms with Crippen LogP contribution in [0.15, 0.2) is 24.3 Å². The van der Waals surface area contributed by atoms with E-state index in [1.165, 1.54) is 32.8 Å². The first-order valence-corrected chi connectivity index (χ1v) is 9.66. The Balaban J connectivity index is 1.97. The molecule has 1 aliphatic rings. The summed E-state index contributed by atoms with van der Waals surface area (Å²) in [6.07, 6.45) is 18.8. The molecule has 3 heteroatoms. The minimum absolute atomic E-state index is 0.101. The monoisotopic (exact) mass is 336 g/mol. The van der Waals surface area contributed by atoms with Crippen LogP contribution in [0.5, 0.6) is 0 Å². The SMILES string of the molecule is C=C(C/C=C/CCCCCCCC(=O)OC)CC1(O)CCCCC1. The summed E-state index contributed by atoms with van der Waals surface area (Å²) >= 11 is 0. The maximum absolute atomic E-state index is 11.0. The van der Waals surface area contributed by atoms with Crippen molar-refractivity contribution in [3.8, 4) is 0 Å². The highest BCUT2D eigenvalue weighted by Crippen LogP contribution is 2.33. The molecule has 1 aliphatic carbocycles. The van der Waals surface area contributed by atoms with Gasteiger partial charge in [-0.15, -0.1) is 0 Å². The molecule has 0 atom stereocenters. The average molecular weight is 337 g/mol. The van der Waals surface area contributed by atoms with E-state index in [4.69, 9.17) is 0 Å². The van der Waals surface area contributed by atoms with E-state index in [9.17, 15) is 9.90 Å². The Bertz CT molecular complexity index is 392. The molecule has 1 rings (SSSR count). The van der Waals surface area contributed by atoms with Crippen LogP contribution in [-0.2, 0) is 9.53 Å². The largest absolute Gasteiger partial charge is 0.469 e. The van der Waals surface area contributed by atoms with Gasteiger partial charge in [0, 0.05) is 6.42 Å². The van der Waals surface area contributed by atoms with Gasteiger partial charge in [0.25, 0.3) is 0 Å². The quantitative estimate of drug-likeness (QED) is 0.292. The Hall–Kier alpha value is -1.09. The molecule has 0 radical (unpaired) electrons. The highest BCUT2D eigenvalue weighted by Gasteiger charge is 2.29. The molecule has 3 nitrogen and oxygen atoms in total. The topological polar surface area (TPSA) is 46.5 Å². The second-order valence-electron chi connectivity index (χ2n) is 7.27. The van der Waals surface area contributed by atoms with Crippen molar-refractivity contribution in [1.29, 1.82) is 0 Å². The predicted octanol–water partition coefficient (Wildman–Crippen LogP) is 5.48. The maximum atomic E-state index is 11.0. The normalized spacial score (nSPS) is 17.1. The summed E-state index contributed by atoms with van der Waals surface area (Å²) in [4.78, 5) is 11.0. The number of hydrogen-bond acceptors (Lipinski definition) is 3. The van der Waals surface area contributed by atoms with Crippen molar-refractivity contribution in [2.75, 3.05) is 7.11 Å². The van der Waals surface area contributed by atoms with E-state index in [1.54, 1.807) is 0 Å². The fourth-order valence-electron chi connectivity index (χ4n) is 3.46. The zero-order chi connectivity index (χ0) is 17.7. The van der Waals surface area contributed by atoms with E-state index in [0.717, 1.165) is 63.4 Å². The molecule has 0 aromatic rings. The molecule has 0 saturated heterocycles. The number of ether oxygens (including phenoxy) is 1. The molecule has 0 heterocycles. The Kier molecular flexibility index (Phi) is 10.7. The van der Waals surface area contributed by atoms with Crippen LogP contribution in [0.3, 0.4) is 0 Å². The summed E-state index contributed by atoms with van der Waals surface area (Å²) in [6, 6.07) is 0. The molecule has 0 aromatic carbocycles. The Morgan fingerprint density at radius 2 is 1.75 bits per heavy atom. The standard InChI is InChI=1S/C21H36O3/c1-19(18-21(23)16-12-9-13-17-21)14-10-7-5-3-4-6-8-11-15-20(22)24-2/h7,10,23H,1,3-6,8-9,11-18H2,2H3/b10-7+. The summed E-state index contributed by atoms with van der Waals surface area (Å²) in [5.41, 5.74) is 0.673. The van der Waals surface area contributed by atoms with Crippen LogP contribution in [0.4, 0.5) is 0 Å². The fourth-order valence-corrected chi connectivity index (χ4v) is 3.46. The van der Waals surface area contributed by atoms with E-state index >= 15 is 0 Å². The number of hydrogen-bond donors (Lipinski definition) is 1. The van der Waals surface area contributed by atoms with Gasteiger partial charge in [-0.25, -0.2) is 0 Å².